The summed E-state index contributed by atoms with van der Waals surface area (Å²) in [6, 6.07) is 16.6. The van der Waals surface area contributed by atoms with E-state index in [2.05, 4.69) is 28.9 Å². The summed E-state index contributed by atoms with van der Waals surface area (Å²) in [4.78, 5) is 31.9. The van der Waals surface area contributed by atoms with Crippen LogP contribution in [0.25, 0.3) is 0 Å². The Hall–Kier alpha value is -2.66. The fraction of sp³-hybridized carbons (Fsp3) is 0.300. The normalized spacial score (nSPS) is 9.52. The van der Waals surface area contributed by atoms with E-state index in [0.29, 0.717) is 11.1 Å². The zero-order valence-corrected chi connectivity index (χ0v) is 14.7. The molecule has 2 aromatic rings. The van der Waals surface area contributed by atoms with Crippen LogP contribution >= 0.6 is 0 Å². The minimum Gasteiger partial charge on any atom is -0.317 e. The highest BCUT2D eigenvalue weighted by atomic mass is 17.2. The fourth-order valence-electron chi connectivity index (χ4n) is 1.80. The topological polar surface area (TPSA) is 64.6 Å². The van der Waals surface area contributed by atoms with Gasteiger partial charge < -0.3 is 5.32 Å². The van der Waals surface area contributed by atoms with E-state index in [9.17, 15) is 9.59 Å². The number of hydrogen-bond acceptors (Lipinski definition) is 5. The fourth-order valence-corrected chi connectivity index (χ4v) is 1.80. The van der Waals surface area contributed by atoms with Crippen molar-refractivity contribution in [2.24, 2.45) is 0 Å². The predicted octanol–water partition coefficient (Wildman–Crippen LogP) is 4.01. The van der Waals surface area contributed by atoms with Crippen LogP contribution in [0.3, 0.4) is 0 Å². The molecule has 0 aliphatic heterocycles. The van der Waals surface area contributed by atoms with Crippen molar-refractivity contribution in [2.75, 3.05) is 13.1 Å². The van der Waals surface area contributed by atoms with Gasteiger partial charge in [0.2, 0.25) is 0 Å². The van der Waals surface area contributed by atoms with Gasteiger partial charge in [-0.05, 0) is 50.2 Å². The highest BCUT2D eigenvalue weighted by Crippen LogP contribution is 2.05. The maximum atomic E-state index is 11.5. The molecule has 0 unspecified atom stereocenters. The lowest BCUT2D eigenvalue weighted by atomic mass is 10.2. The Morgan fingerprint density at radius 3 is 1.40 bits per heavy atom. The second-order valence-corrected chi connectivity index (χ2v) is 5.22. The van der Waals surface area contributed by atoms with Crippen LogP contribution in [0.15, 0.2) is 60.7 Å². The maximum absolute atomic E-state index is 11.5. The van der Waals surface area contributed by atoms with Gasteiger partial charge in [-0.15, -0.1) is 0 Å². The molecule has 2 aromatic carbocycles. The Morgan fingerprint density at radius 1 is 0.720 bits per heavy atom. The summed E-state index contributed by atoms with van der Waals surface area (Å²) in [6.45, 7) is 6.72. The van der Waals surface area contributed by atoms with Gasteiger partial charge >= 0.3 is 11.9 Å². The number of nitrogens with one attached hydrogen (secondary N) is 1. The van der Waals surface area contributed by atoms with E-state index in [-0.39, 0.29) is 0 Å². The summed E-state index contributed by atoms with van der Waals surface area (Å²) < 4.78 is 0. The average molecular weight is 343 g/mol. The van der Waals surface area contributed by atoms with Crippen molar-refractivity contribution in [1.29, 1.82) is 0 Å². The van der Waals surface area contributed by atoms with E-state index in [0.717, 1.165) is 0 Å². The van der Waals surface area contributed by atoms with Gasteiger partial charge in [0.15, 0.2) is 0 Å². The highest BCUT2D eigenvalue weighted by Gasteiger charge is 2.12. The van der Waals surface area contributed by atoms with Crippen molar-refractivity contribution in [1.82, 2.24) is 5.32 Å². The number of rotatable bonds is 6. The van der Waals surface area contributed by atoms with Crippen molar-refractivity contribution in [3.8, 4) is 0 Å². The largest absolute Gasteiger partial charge is 0.386 e. The Balaban J connectivity index is 0.000000381. The molecule has 25 heavy (non-hydrogen) atoms. The molecule has 5 nitrogen and oxygen atoms in total. The summed E-state index contributed by atoms with van der Waals surface area (Å²) in [6.07, 6.45) is 2.50. The third-order valence-electron chi connectivity index (χ3n) is 3.07. The summed E-state index contributed by atoms with van der Waals surface area (Å²) >= 11 is 0. The molecule has 0 radical (unpaired) electrons. The van der Waals surface area contributed by atoms with Crippen LogP contribution in [0.2, 0.25) is 0 Å². The standard InChI is InChI=1S/C14H10O4.C6H15N/c15-13(11-7-3-1-4-8-11)17-18-14(16)12-9-5-2-6-10-12;1-3-5-7-6-4-2/h1-10H;7H,3-6H2,1-2H3. The first-order valence-corrected chi connectivity index (χ1v) is 8.43. The summed E-state index contributed by atoms with van der Waals surface area (Å²) in [7, 11) is 0. The zero-order chi connectivity index (χ0) is 18.3. The van der Waals surface area contributed by atoms with E-state index in [1.54, 1.807) is 60.7 Å². The molecule has 0 bridgehead atoms. The number of carbonyl (C=O) groups is 2. The molecule has 0 saturated carbocycles. The maximum Gasteiger partial charge on any atom is 0.386 e. The summed E-state index contributed by atoms with van der Waals surface area (Å²) in [5.74, 6) is -1.42. The van der Waals surface area contributed by atoms with Crippen molar-refractivity contribution in [3.05, 3.63) is 71.8 Å². The van der Waals surface area contributed by atoms with Crippen LogP contribution in [0.4, 0.5) is 0 Å². The minimum atomic E-state index is -0.708. The van der Waals surface area contributed by atoms with Gasteiger partial charge in [0.1, 0.15) is 0 Å². The first kappa shape index (κ1) is 20.4. The molecule has 0 fully saturated rings. The van der Waals surface area contributed by atoms with Crippen molar-refractivity contribution >= 4 is 11.9 Å². The molecule has 1 N–H and O–H groups in total. The van der Waals surface area contributed by atoms with Crippen LogP contribution in [0.1, 0.15) is 47.4 Å². The van der Waals surface area contributed by atoms with Gasteiger partial charge in [0, 0.05) is 0 Å². The minimum absolute atomic E-state index is 0.318. The van der Waals surface area contributed by atoms with Crippen LogP contribution in [0.5, 0.6) is 0 Å². The molecular weight excluding hydrogens is 318 g/mol. The molecule has 0 aromatic heterocycles. The van der Waals surface area contributed by atoms with Gasteiger partial charge in [-0.1, -0.05) is 50.2 Å². The molecule has 0 saturated heterocycles. The van der Waals surface area contributed by atoms with Crippen LogP contribution in [-0.2, 0) is 9.78 Å². The van der Waals surface area contributed by atoms with E-state index in [4.69, 9.17) is 0 Å². The predicted molar refractivity (Wildman–Crippen MR) is 97.2 cm³/mol. The Kier molecular flexibility index (Phi) is 10.4. The zero-order valence-electron chi connectivity index (χ0n) is 14.7. The lowest BCUT2D eigenvalue weighted by Gasteiger charge is -2.02. The molecule has 0 heterocycles. The Bertz CT molecular complexity index is 559. The second kappa shape index (κ2) is 12.7. The lowest BCUT2D eigenvalue weighted by molar-refractivity contribution is -0.187. The molecular formula is C20H25NO4. The second-order valence-electron chi connectivity index (χ2n) is 5.22. The molecule has 2 rings (SSSR count). The average Bonchev–Trinajstić information content (AvgIpc) is 2.68. The molecule has 0 spiro atoms. The molecule has 0 amide bonds. The van der Waals surface area contributed by atoms with Gasteiger partial charge in [-0.25, -0.2) is 19.4 Å². The Morgan fingerprint density at radius 2 is 1.08 bits per heavy atom. The third kappa shape index (κ3) is 8.67. The van der Waals surface area contributed by atoms with Gasteiger partial charge in [-0.3, -0.25) is 0 Å². The SMILES string of the molecule is CCCNCCC.O=C(OOC(=O)c1ccccc1)c1ccccc1. The third-order valence-corrected chi connectivity index (χ3v) is 3.07. The molecule has 5 heteroatoms. The molecule has 0 atom stereocenters. The lowest BCUT2D eigenvalue weighted by Crippen LogP contribution is -2.14. The quantitative estimate of drug-likeness (QED) is 0.488. The van der Waals surface area contributed by atoms with Gasteiger partial charge in [0.25, 0.3) is 0 Å². The molecule has 0 aliphatic carbocycles. The molecule has 134 valence electrons. The van der Waals surface area contributed by atoms with E-state index in [1.165, 1.54) is 25.9 Å². The van der Waals surface area contributed by atoms with Crippen LogP contribution in [-0.4, -0.2) is 25.0 Å². The van der Waals surface area contributed by atoms with Crippen LogP contribution in [0, 0.1) is 0 Å². The van der Waals surface area contributed by atoms with Gasteiger partial charge in [0.05, 0.1) is 11.1 Å². The number of hydrogen-bond donors (Lipinski definition) is 1. The van der Waals surface area contributed by atoms with Crippen molar-refractivity contribution in [3.63, 3.8) is 0 Å². The first-order valence-electron chi connectivity index (χ1n) is 8.43. The van der Waals surface area contributed by atoms with E-state index >= 15 is 0 Å². The monoisotopic (exact) mass is 343 g/mol. The summed E-state index contributed by atoms with van der Waals surface area (Å²) in [5.41, 5.74) is 0.636. The van der Waals surface area contributed by atoms with Gasteiger partial charge in [-0.2, -0.15) is 0 Å². The smallest absolute Gasteiger partial charge is 0.317 e. The van der Waals surface area contributed by atoms with Crippen molar-refractivity contribution < 1.29 is 19.4 Å². The number of carbonyl (C=O) groups excluding carboxylic acids is 2. The van der Waals surface area contributed by atoms with E-state index in [1.807, 2.05) is 0 Å². The molecule has 0 aliphatic rings. The van der Waals surface area contributed by atoms with E-state index < -0.39 is 11.9 Å². The van der Waals surface area contributed by atoms with Crippen LogP contribution < -0.4 is 5.32 Å². The Labute approximate surface area is 148 Å². The highest BCUT2D eigenvalue weighted by molar-refractivity contribution is 5.92. The van der Waals surface area contributed by atoms with Crippen molar-refractivity contribution in [2.45, 2.75) is 26.7 Å². The number of benzene rings is 2. The first-order chi connectivity index (χ1) is 12.2. The summed E-state index contributed by atoms with van der Waals surface area (Å²) in [5, 5.41) is 3.28.